The van der Waals surface area contributed by atoms with Crippen LogP contribution >= 0.6 is 0 Å². The van der Waals surface area contributed by atoms with Crippen molar-refractivity contribution in [2.75, 3.05) is 6.61 Å². The van der Waals surface area contributed by atoms with Gasteiger partial charge in [0.1, 0.15) is 18.3 Å². The van der Waals surface area contributed by atoms with E-state index in [2.05, 4.69) is 4.99 Å². The number of aliphatic imine (C=N–C) groups is 1. The van der Waals surface area contributed by atoms with E-state index in [-0.39, 0.29) is 6.61 Å². The van der Waals surface area contributed by atoms with E-state index in [0.717, 1.165) is 5.71 Å². The van der Waals surface area contributed by atoms with Gasteiger partial charge in [0.15, 0.2) is 6.23 Å². The van der Waals surface area contributed by atoms with Gasteiger partial charge in [-0.3, -0.25) is 4.99 Å². The Morgan fingerprint density at radius 2 is 1.92 bits per heavy atom. The van der Waals surface area contributed by atoms with Crippen molar-refractivity contribution < 1.29 is 20.1 Å². The molecule has 1 heterocycles. The Bertz CT molecular complexity index is 202. The molecule has 5 heteroatoms. The first-order valence-electron chi connectivity index (χ1n) is 4.19. The van der Waals surface area contributed by atoms with Crippen LogP contribution in [0, 0.1) is 0 Å². The van der Waals surface area contributed by atoms with Crippen LogP contribution in [0.1, 0.15) is 13.8 Å². The van der Waals surface area contributed by atoms with Gasteiger partial charge in [-0.1, -0.05) is 0 Å². The maximum atomic E-state index is 9.41. The van der Waals surface area contributed by atoms with Crippen LogP contribution in [0.2, 0.25) is 0 Å². The van der Waals surface area contributed by atoms with Crippen molar-refractivity contribution in [3.05, 3.63) is 0 Å². The number of hydrogen-bond donors (Lipinski definition) is 3. The Morgan fingerprint density at radius 1 is 1.31 bits per heavy atom. The Morgan fingerprint density at radius 3 is 2.31 bits per heavy atom. The summed E-state index contributed by atoms with van der Waals surface area (Å²) in [6, 6.07) is 0. The minimum atomic E-state index is -1.06. The molecule has 1 unspecified atom stereocenters. The minimum Gasteiger partial charge on any atom is -0.394 e. The van der Waals surface area contributed by atoms with E-state index < -0.39 is 24.5 Å². The van der Waals surface area contributed by atoms with Crippen LogP contribution < -0.4 is 0 Å². The highest BCUT2D eigenvalue weighted by atomic mass is 16.6. The van der Waals surface area contributed by atoms with Gasteiger partial charge in [-0.05, 0) is 13.8 Å². The van der Waals surface area contributed by atoms with Crippen molar-refractivity contribution in [2.45, 2.75) is 38.4 Å². The van der Waals surface area contributed by atoms with Crippen LogP contribution in [-0.4, -0.2) is 52.2 Å². The fourth-order valence-electron chi connectivity index (χ4n) is 1.24. The zero-order valence-corrected chi connectivity index (χ0v) is 7.71. The molecule has 0 radical (unpaired) electrons. The van der Waals surface area contributed by atoms with Gasteiger partial charge in [0.05, 0.1) is 6.61 Å². The van der Waals surface area contributed by atoms with Crippen molar-refractivity contribution in [3.63, 3.8) is 0 Å². The lowest BCUT2D eigenvalue weighted by molar-refractivity contribution is -0.0193. The fourth-order valence-corrected chi connectivity index (χ4v) is 1.24. The number of aliphatic hydroxyl groups excluding tert-OH is 3. The predicted octanol–water partition coefficient (Wildman–Crippen LogP) is -1.09. The first-order chi connectivity index (χ1) is 6.06. The van der Waals surface area contributed by atoms with E-state index in [4.69, 9.17) is 9.84 Å². The second-order valence-electron chi connectivity index (χ2n) is 3.31. The summed E-state index contributed by atoms with van der Waals surface area (Å²) in [6.45, 7) is 3.23. The Balaban J connectivity index is 2.66. The first-order valence-corrected chi connectivity index (χ1v) is 4.19. The molecule has 0 aliphatic carbocycles. The summed E-state index contributed by atoms with van der Waals surface area (Å²) in [5.74, 6) is 0. The summed E-state index contributed by atoms with van der Waals surface area (Å²) in [7, 11) is 0. The molecule has 5 nitrogen and oxygen atoms in total. The molecule has 13 heavy (non-hydrogen) atoms. The van der Waals surface area contributed by atoms with Gasteiger partial charge < -0.3 is 20.1 Å². The molecule has 76 valence electrons. The maximum absolute atomic E-state index is 9.41. The quantitative estimate of drug-likeness (QED) is 0.482. The number of rotatable bonds is 2. The second-order valence-corrected chi connectivity index (χ2v) is 3.31. The third-order valence-corrected chi connectivity index (χ3v) is 1.90. The average molecular weight is 189 g/mol. The molecule has 0 aromatic carbocycles. The molecule has 4 atom stereocenters. The van der Waals surface area contributed by atoms with Gasteiger partial charge in [-0.25, -0.2) is 0 Å². The summed E-state index contributed by atoms with van der Waals surface area (Å²) < 4.78 is 5.11. The van der Waals surface area contributed by atoms with E-state index in [9.17, 15) is 10.2 Å². The van der Waals surface area contributed by atoms with E-state index in [1.807, 2.05) is 0 Å². The van der Waals surface area contributed by atoms with E-state index >= 15 is 0 Å². The van der Waals surface area contributed by atoms with Gasteiger partial charge in [-0.2, -0.15) is 0 Å². The zero-order chi connectivity index (χ0) is 10.0. The van der Waals surface area contributed by atoms with Crippen molar-refractivity contribution in [1.29, 1.82) is 0 Å². The third-order valence-electron chi connectivity index (χ3n) is 1.90. The molecule has 1 rings (SSSR count). The molecule has 0 spiro atoms. The molecule has 1 aliphatic rings. The van der Waals surface area contributed by atoms with Crippen LogP contribution in [0.3, 0.4) is 0 Å². The van der Waals surface area contributed by atoms with Gasteiger partial charge in [0.2, 0.25) is 0 Å². The Kier molecular flexibility index (Phi) is 3.38. The lowest BCUT2D eigenvalue weighted by atomic mass is 10.1. The molecule has 1 fully saturated rings. The molecule has 1 aliphatic heterocycles. The third kappa shape index (κ3) is 2.25. The zero-order valence-electron chi connectivity index (χ0n) is 7.71. The van der Waals surface area contributed by atoms with Gasteiger partial charge in [-0.15, -0.1) is 0 Å². The molecular formula is C8H15NO4. The average Bonchev–Trinajstić information content (AvgIpc) is 2.32. The molecule has 0 aromatic heterocycles. The molecule has 0 saturated carbocycles. The van der Waals surface area contributed by atoms with Crippen molar-refractivity contribution >= 4 is 5.71 Å². The van der Waals surface area contributed by atoms with Crippen molar-refractivity contribution in [1.82, 2.24) is 0 Å². The fraction of sp³-hybridized carbons (Fsp3) is 0.875. The van der Waals surface area contributed by atoms with Crippen LogP contribution in [0.25, 0.3) is 0 Å². The summed E-state index contributed by atoms with van der Waals surface area (Å²) in [5, 5.41) is 27.5. The van der Waals surface area contributed by atoms with E-state index in [1.54, 1.807) is 13.8 Å². The SMILES string of the molecule is CC(C)=NC1O[C@H](CO)[C@@H](O)[C@H]1O. The molecule has 0 bridgehead atoms. The highest BCUT2D eigenvalue weighted by Gasteiger charge is 2.42. The molecule has 3 N–H and O–H groups in total. The number of aliphatic hydroxyl groups is 3. The first kappa shape index (κ1) is 10.6. The summed E-state index contributed by atoms with van der Waals surface area (Å²) in [4.78, 5) is 3.98. The van der Waals surface area contributed by atoms with Gasteiger partial charge >= 0.3 is 0 Å². The van der Waals surface area contributed by atoms with E-state index in [0.29, 0.717) is 0 Å². The highest BCUT2D eigenvalue weighted by Crippen LogP contribution is 2.21. The summed E-state index contributed by atoms with van der Waals surface area (Å²) in [6.07, 6.45) is -3.59. The standard InChI is InChI=1S/C8H15NO4/c1-4(2)9-8-7(12)6(11)5(3-10)13-8/h5-8,10-12H,3H2,1-2H3/t5-,6-,7-,8?/m1/s1. The summed E-state index contributed by atoms with van der Waals surface area (Å²) in [5.41, 5.74) is 0.759. The number of nitrogens with zero attached hydrogens (tertiary/aromatic N) is 1. The predicted molar refractivity (Wildman–Crippen MR) is 46.5 cm³/mol. The molecule has 1 saturated heterocycles. The molecular weight excluding hydrogens is 174 g/mol. The monoisotopic (exact) mass is 189 g/mol. The van der Waals surface area contributed by atoms with Gasteiger partial charge in [0.25, 0.3) is 0 Å². The maximum Gasteiger partial charge on any atom is 0.177 e. The van der Waals surface area contributed by atoms with Crippen LogP contribution in [0.5, 0.6) is 0 Å². The lowest BCUT2D eigenvalue weighted by Gasteiger charge is -2.10. The van der Waals surface area contributed by atoms with Crippen LogP contribution in [-0.2, 0) is 4.74 Å². The smallest absolute Gasteiger partial charge is 0.177 e. The Hall–Kier alpha value is -0.490. The number of hydrogen-bond acceptors (Lipinski definition) is 5. The highest BCUT2D eigenvalue weighted by molar-refractivity contribution is 5.79. The van der Waals surface area contributed by atoms with Gasteiger partial charge in [0, 0.05) is 5.71 Å². The van der Waals surface area contributed by atoms with Crippen molar-refractivity contribution in [3.8, 4) is 0 Å². The Labute approximate surface area is 76.7 Å². The minimum absolute atomic E-state index is 0.312. The summed E-state index contributed by atoms with van der Waals surface area (Å²) >= 11 is 0. The lowest BCUT2D eigenvalue weighted by Crippen LogP contribution is -2.33. The van der Waals surface area contributed by atoms with Crippen molar-refractivity contribution in [2.24, 2.45) is 4.99 Å². The normalized spacial score (nSPS) is 39.2. The topological polar surface area (TPSA) is 82.3 Å². The second kappa shape index (κ2) is 4.15. The van der Waals surface area contributed by atoms with Crippen LogP contribution in [0.15, 0.2) is 4.99 Å². The largest absolute Gasteiger partial charge is 0.394 e. The van der Waals surface area contributed by atoms with E-state index in [1.165, 1.54) is 0 Å². The number of ether oxygens (including phenoxy) is 1. The van der Waals surface area contributed by atoms with Crippen LogP contribution in [0.4, 0.5) is 0 Å². The molecule has 0 aromatic rings. The molecule has 0 amide bonds.